The van der Waals surface area contributed by atoms with Crippen LogP contribution in [0.15, 0.2) is 12.1 Å². The maximum atomic E-state index is 6.02. The summed E-state index contributed by atoms with van der Waals surface area (Å²) in [6.45, 7) is 0. The van der Waals surface area contributed by atoms with Crippen molar-refractivity contribution in [1.82, 2.24) is 4.98 Å². The number of fused-ring (bicyclic) bond motifs is 1. The van der Waals surface area contributed by atoms with E-state index in [2.05, 4.69) is 12.1 Å². The van der Waals surface area contributed by atoms with Gasteiger partial charge in [-0.3, -0.25) is 0 Å². The maximum Gasteiger partial charge on any atom is 0.181 e. The summed E-state index contributed by atoms with van der Waals surface area (Å²) in [6.07, 6.45) is 13.8. The Bertz CT molecular complexity index is 649. The Hall–Kier alpha value is -1.09. The molecule has 1 aromatic carbocycles. The lowest BCUT2D eigenvalue weighted by atomic mass is 9.75. The third kappa shape index (κ3) is 2.64. The number of aromatic nitrogens is 1. The SMILES string of the molecule is Nc1nc2c(C3CCCCC3)c(C3CCCCC3)ccc2s1. The molecule has 118 valence electrons. The lowest BCUT2D eigenvalue weighted by molar-refractivity contribution is 0.420. The first-order chi connectivity index (χ1) is 10.8. The van der Waals surface area contributed by atoms with Crippen LogP contribution in [0.25, 0.3) is 10.2 Å². The Morgan fingerprint density at radius 1 is 0.864 bits per heavy atom. The number of nitrogens with zero attached hydrogens (tertiary/aromatic N) is 1. The van der Waals surface area contributed by atoms with E-state index in [9.17, 15) is 0 Å². The van der Waals surface area contributed by atoms with Gasteiger partial charge in [-0.15, -0.1) is 0 Å². The van der Waals surface area contributed by atoms with Crippen molar-refractivity contribution >= 4 is 26.7 Å². The van der Waals surface area contributed by atoms with Crippen LogP contribution < -0.4 is 5.73 Å². The topological polar surface area (TPSA) is 38.9 Å². The maximum absolute atomic E-state index is 6.02. The minimum Gasteiger partial charge on any atom is -0.375 e. The summed E-state index contributed by atoms with van der Waals surface area (Å²) >= 11 is 1.65. The molecule has 22 heavy (non-hydrogen) atoms. The van der Waals surface area contributed by atoms with Gasteiger partial charge in [0.25, 0.3) is 0 Å². The molecule has 2 aromatic rings. The van der Waals surface area contributed by atoms with E-state index in [1.807, 2.05) is 0 Å². The van der Waals surface area contributed by atoms with Gasteiger partial charge >= 0.3 is 0 Å². The van der Waals surface area contributed by atoms with E-state index >= 15 is 0 Å². The largest absolute Gasteiger partial charge is 0.375 e. The number of hydrogen-bond acceptors (Lipinski definition) is 3. The molecule has 2 fully saturated rings. The number of rotatable bonds is 2. The van der Waals surface area contributed by atoms with Gasteiger partial charge in [-0.25, -0.2) is 4.98 Å². The van der Waals surface area contributed by atoms with Crippen LogP contribution in [-0.4, -0.2) is 4.98 Å². The van der Waals surface area contributed by atoms with E-state index < -0.39 is 0 Å². The van der Waals surface area contributed by atoms with Gasteiger partial charge in [-0.1, -0.05) is 55.9 Å². The molecule has 0 unspecified atom stereocenters. The number of nitrogens with two attached hydrogens (primary N) is 1. The summed E-state index contributed by atoms with van der Waals surface area (Å²) < 4.78 is 1.29. The lowest BCUT2D eigenvalue weighted by Gasteiger charge is -2.29. The number of nitrogen functional groups attached to an aromatic ring is 1. The molecule has 0 spiro atoms. The minimum absolute atomic E-state index is 0.718. The fourth-order valence-corrected chi connectivity index (χ4v) is 5.39. The van der Waals surface area contributed by atoms with Crippen LogP contribution in [-0.2, 0) is 0 Å². The molecule has 4 rings (SSSR count). The first-order valence-corrected chi connectivity index (χ1v) is 9.83. The minimum atomic E-state index is 0.718. The fourth-order valence-electron chi connectivity index (χ4n) is 4.64. The predicted octanol–water partition coefficient (Wildman–Crippen LogP) is 5.97. The number of hydrogen-bond donors (Lipinski definition) is 1. The van der Waals surface area contributed by atoms with Crippen molar-refractivity contribution < 1.29 is 0 Å². The van der Waals surface area contributed by atoms with Crippen molar-refractivity contribution in [1.29, 1.82) is 0 Å². The first-order valence-electron chi connectivity index (χ1n) is 9.02. The first kappa shape index (κ1) is 14.5. The average Bonchev–Trinajstić information content (AvgIpc) is 2.95. The van der Waals surface area contributed by atoms with Crippen LogP contribution in [0, 0.1) is 0 Å². The van der Waals surface area contributed by atoms with Gasteiger partial charge in [0.05, 0.1) is 10.2 Å². The zero-order valence-electron chi connectivity index (χ0n) is 13.3. The monoisotopic (exact) mass is 314 g/mol. The normalized spacial score (nSPS) is 21.5. The van der Waals surface area contributed by atoms with Crippen LogP contribution in [0.5, 0.6) is 0 Å². The highest BCUT2D eigenvalue weighted by Crippen LogP contribution is 2.44. The molecule has 0 bridgehead atoms. The highest BCUT2D eigenvalue weighted by atomic mass is 32.1. The molecule has 1 heterocycles. The van der Waals surface area contributed by atoms with E-state index in [0.29, 0.717) is 0 Å². The Morgan fingerprint density at radius 3 is 2.18 bits per heavy atom. The summed E-state index contributed by atoms with van der Waals surface area (Å²) in [5.41, 5.74) is 10.5. The molecule has 2 aliphatic carbocycles. The highest BCUT2D eigenvalue weighted by molar-refractivity contribution is 7.22. The summed E-state index contributed by atoms with van der Waals surface area (Å²) in [7, 11) is 0. The van der Waals surface area contributed by atoms with E-state index in [1.165, 1.54) is 74.4 Å². The van der Waals surface area contributed by atoms with E-state index in [0.717, 1.165) is 17.0 Å². The third-order valence-electron chi connectivity index (χ3n) is 5.71. The average molecular weight is 314 g/mol. The third-order valence-corrected chi connectivity index (χ3v) is 6.56. The molecule has 1 aromatic heterocycles. The molecule has 0 saturated heterocycles. The van der Waals surface area contributed by atoms with Crippen molar-refractivity contribution in [2.75, 3.05) is 5.73 Å². The molecule has 2 aliphatic rings. The summed E-state index contributed by atoms with van der Waals surface area (Å²) in [4.78, 5) is 4.74. The van der Waals surface area contributed by atoms with Gasteiger partial charge in [-0.2, -0.15) is 0 Å². The van der Waals surface area contributed by atoms with Crippen molar-refractivity contribution in [3.63, 3.8) is 0 Å². The molecule has 0 aliphatic heterocycles. The smallest absolute Gasteiger partial charge is 0.181 e. The summed E-state index contributed by atoms with van der Waals surface area (Å²) in [5.74, 6) is 1.48. The van der Waals surface area contributed by atoms with Gasteiger partial charge in [0.15, 0.2) is 5.13 Å². The molecule has 2 N–H and O–H groups in total. The van der Waals surface area contributed by atoms with Crippen molar-refractivity contribution in [3.8, 4) is 0 Å². The molecular weight excluding hydrogens is 288 g/mol. The van der Waals surface area contributed by atoms with Crippen LogP contribution in [0.4, 0.5) is 5.13 Å². The Kier molecular flexibility index (Phi) is 4.08. The van der Waals surface area contributed by atoms with E-state index in [-0.39, 0.29) is 0 Å². The molecular formula is C19H26N2S. The van der Waals surface area contributed by atoms with Gasteiger partial charge in [-0.05, 0) is 54.7 Å². The predicted molar refractivity (Wildman–Crippen MR) is 95.7 cm³/mol. The number of anilines is 1. The molecule has 0 atom stereocenters. The Balaban J connectivity index is 1.83. The van der Waals surface area contributed by atoms with Gasteiger partial charge in [0.2, 0.25) is 0 Å². The number of benzene rings is 1. The molecule has 3 heteroatoms. The zero-order chi connectivity index (χ0) is 14.9. The second-order valence-corrected chi connectivity index (χ2v) is 8.20. The molecule has 0 amide bonds. The summed E-state index contributed by atoms with van der Waals surface area (Å²) in [6, 6.07) is 4.69. The van der Waals surface area contributed by atoms with E-state index in [1.54, 1.807) is 22.5 Å². The Labute approximate surface area is 137 Å². The van der Waals surface area contributed by atoms with Gasteiger partial charge in [0, 0.05) is 0 Å². The second-order valence-electron chi connectivity index (χ2n) is 7.14. The molecule has 2 nitrogen and oxygen atoms in total. The van der Waals surface area contributed by atoms with Crippen LogP contribution in [0.1, 0.15) is 87.2 Å². The molecule has 0 radical (unpaired) electrons. The number of thiazole rings is 1. The van der Waals surface area contributed by atoms with Crippen molar-refractivity contribution in [2.24, 2.45) is 0 Å². The van der Waals surface area contributed by atoms with E-state index in [4.69, 9.17) is 10.7 Å². The van der Waals surface area contributed by atoms with Gasteiger partial charge in [0.1, 0.15) is 0 Å². The zero-order valence-corrected chi connectivity index (χ0v) is 14.1. The second kappa shape index (κ2) is 6.19. The quantitative estimate of drug-likeness (QED) is 0.741. The standard InChI is InChI=1S/C19H26N2S/c20-19-21-18-16(22-19)12-11-15(13-7-3-1-4-8-13)17(18)14-9-5-2-6-10-14/h11-14H,1-10H2,(H2,20,21). The van der Waals surface area contributed by atoms with Crippen LogP contribution in [0.2, 0.25) is 0 Å². The Morgan fingerprint density at radius 2 is 1.50 bits per heavy atom. The summed E-state index contributed by atoms with van der Waals surface area (Å²) in [5, 5.41) is 0.729. The van der Waals surface area contributed by atoms with Crippen LogP contribution >= 0.6 is 11.3 Å². The van der Waals surface area contributed by atoms with Crippen molar-refractivity contribution in [2.45, 2.75) is 76.0 Å². The van der Waals surface area contributed by atoms with Crippen molar-refractivity contribution in [3.05, 3.63) is 23.3 Å². The van der Waals surface area contributed by atoms with Crippen LogP contribution in [0.3, 0.4) is 0 Å². The lowest BCUT2D eigenvalue weighted by Crippen LogP contribution is -2.13. The molecule has 2 saturated carbocycles. The highest BCUT2D eigenvalue weighted by Gasteiger charge is 2.26. The fraction of sp³-hybridized carbons (Fsp3) is 0.632. The van der Waals surface area contributed by atoms with Gasteiger partial charge < -0.3 is 5.73 Å².